The van der Waals surface area contributed by atoms with Gasteiger partial charge in [0.15, 0.2) is 0 Å². The van der Waals surface area contributed by atoms with Crippen LogP contribution < -0.4 is 5.32 Å². The molecule has 0 unspecified atom stereocenters. The van der Waals surface area contributed by atoms with Gasteiger partial charge in [-0.3, -0.25) is 4.79 Å². The zero-order valence-corrected chi connectivity index (χ0v) is 9.47. The van der Waals surface area contributed by atoms with Gasteiger partial charge in [-0.1, -0.05) is 19.9 Å². The van der Waals surface area contributed by atoms with Crippen LogP contribution in [0.15, 0.2) is 30.5 Å². The van der Waals surface area contributed by atoms with Crippen molar-refractivity contribution in [3.63, 3.8) is 0 Å². The normalized spacial score (nSPS) is 10.9. The largest absolute Gasteiger partial charge is 0.350 e. The van der Waals surface area contributed by atoms with Gasteiger partial charge in [-0.15, -0.1) is 0 Å². The van der Waals surface area contributed by atoms with E-state index in [1.165, 1.54) is 0 Å². The fourth-order valence-electron chi connectivity index (χ4n) is 1.46. The summed E-state index contributed by atoms with van der Waals surface area (Å²) in [6.07, 6.45) is 1.89. The number of carbonyl (C=O) groups is 1. The van der Waals surface area contributed by atoms with E-state index in [9.17, 15) is 4.79 Å². The Balaban J connectivity index is 2.07. The lowest BCUT2D eigenvalue weighted by atomic mass is 10.2. The molecule has 1 amide bonds. The Bertz CT molecular complexity index is 469. The van der Waals surface area contributed by atoms with Gasteiger partial charge in [-0.25, -0.2) is 4.52 Å². The molecule has 0 fully saturated rings. The standard InChI is InChI=1S/C12H15N3O/c1-9(2)12(16)13-8-10-7-11-5-3-4-6-15(11)14-10/h3-7,9H,8H2,1-2H3,(H,13,16). The summed E-state index contributed by atoms with van der Waals surface area (Å²) in [6, 6.07) is 7.85. The number of rotatable bonds is 3. The summed E-state index contributed by atoms with van der Waals surface area (Å²) in [5.41, 5.74) is 1.91. The highest BCUT2D eigenvalue weighted by Gasteiger charge is 2.07. The number of pyridine rings is 1. The van der Waals surface area contributed by atoms with Gasteiger partial charge in [0.2, 0.25) is 5.91 Å². The molecule has 2 aromatic heterocycles. The van der Waals surface area contributed by atoms with Gasteiger partial charge in [0.05, 0.1) is 17.8 Å². The third-order valence-electron chi connectivity index (χ3n) is 2.39. The molecular formula is C12H15N3O. The number of nitrogens with one attached hydrogen (secondary N) is 1. The molecule has 0 spiro atoms. The van der Waals surface area contributed by atoms with Crippen LogP contribution in [0.4, 0.5) is 0 Å². The summed E-state index contributed by atoms with van der Waals surface area (Å²) < 4.78 is 1.80. The molecule has 84 valence electrons. The molecule has 0 atom stereocenters. The van der Waals surface area contributed by atoms with Gasteiger partial charge in [0, 0.05) is 12.1 Å². The molecule has 4 nitrogen and oxygen atoms in total. The van der Waals surface area contributed by atoms with E-state index in [1.807, 2.05) is 44.3 Å². The second kappa shape index (κ2) is 4.35. The molecule has 2 heterocycles. The van der Waals surface area contributed by atoms with Crippen molar-refractivity contribution in [2.75, 3.05) is 0 Å². The molecule has 0 aromatic carbocycles. The predicted octanol–water partition coefficient (Wildman–Crippen LogP) is 1.61. The van der Waals surface area contributed by atoms with E-state index >= 15 is 0 Å². The molecule has 2 aromatic rings. The molecule has 0 aliphatic rings. The van der Waals surface area contributed by atoms with Crippen LogP contribution in [-0.2, 0) is 11.3 Å². The van der Waals surface area contributed by atoms with E-state index in [4.69, 9.17) is 0 Å². The molecule has 16 heavy (non-hydrogen) atoms. The van der Waals surface area contributed by atoms with Gasteiger partial charge in [-0.05, 0) is 18.2 Å². The summed E-state index contributed by atoms with van der Waals surface area (Å²) in [4.78, 5) is 11.4. The van der Waals surface area contributed by atoms with Crippen LogP contribution in [-0.4, -0.2) is 15.5 Å². The maximum Gasteiger partial charge on any atom is 0.222 e. The van der Waals surface area contributed by atoms with Gasteiger partial charge >= 0.3 is 0 Å². The average molecular weight is 217 g/mol. The molecular weight excluding hydrogens is 202 g/mol. The summed E-state index contributed by atoms with van der Waals surface area (Å²) in [7, 11) is 0. The van der Waals surface area contributed by atoms with Crippen molar-refractivity contribution in [1.29, 1.82) is 0 Å². The molecule has 0 bridgehead atoms. The van der Waals surface area contributed by atoms with Gasteiger partial charge in [0.1, 0.15) is 0 Å². The Morgan fingerprint density at radius 1 is 1.50 bits per heavy atom. The van der Waals surface area contributed by atoms with Crippen LogP contribution in [0.2, 0.25) is 0 Å². The molecule has 0 radical (unpaired) electrons. The highest BCUT2D eigenvalue weighted by molar-refractivity contribution is 5.77. The fraction of sp³-hybridized carbons (Fsp3) is 0.333. The summed E-state index contributed by atoms with van der Waals surface area (Å²) in [5, 5.41) is 7.19. The Morgan fingerprint density at radius 2 is 2.31 bits per heavy atom. The van der Waals surface area contributed by atoms with Crippen molar-refractivity contribution < 1.29 is 4.79 Å². The molecule has 1 N–H and O–H groups in total. The first-order valence-electron chi connectivity index (χ1n) is 5.38. The van der Waals surface area contributed by atoms with E-state index < -0.39 is 0 Å². The molecule has 2 rings (SSSR count). The minimum Gasteiger partial charge on any atom is -0.350 e. The first-order chi connectivity index (χ1) is 7.66. The monoisotopic (exact) mass is 217 g/mol. The topological polar surface area (TPSA) is 46.4 Å². The number of aromatic nitrogens is 2. The molecule has 0 saturated heterocycles. The minimum absolute atomic E-state index is 0.0111. The summed E-state index contributed by atoms with van der Waals surface area (Å²) >= 11 is 0. The Hall–Kier alpha value is -1.84. The Kier molecular flexibility index (Phi) is 2.90. The van der Waals surface area contributed by atoms with Crippen LogP contribution in [0.25, 0.3) is 5.52 Å². The zero-order chi connectivity index (χ0) is 11.5. The van der Waals surface area contributed by atoms with Crippen molar-refractivity contribution in [2.45, 2.75) is 20.4 Å². The molecule has 0 aliphatic carbocycles. The highest BCUT2D eigenvalue weighted by atomic mass is 16.1. The molecule has 0 aliphatic heterocycles. The van der Waals surface area contributed by atoms with Gasteiger partial charge in [-0.2, -0.15) is 5.10 Å². The number of carbonyl (C=O) groups excluding carboxylic acids is 1. The van der Waals surface area contributed by atoms with Crippen molar-refractivity contribution >= 4 is 11.4 Å². The minimum atomic E-state index is 0.0111. The summed E-state index contributed by atoms with van der Waals surface area (Å²) in [6.45, 7) is 4.23. The lowest BCUT2D eigenvalue weighted by Gasteiger charge is -2.04. The van der Waals surface area contributed by atoms with E-state index in [0.29, 0.717) is 6.54 Å². The SMILES string of the molecule is CC(C)C(=O)NCc1cc2ccccn2n1. The van der Waals surface area contributed by atoms with E-state index in [-0.39, 0.29) is 11.8 Å². The number of hydrogen-bond donors (Lipinski definition) is 1. The maximum absolute atomic E-state index is 11.4. The van der Waals surface area contributed by atoms with Crippen molar-refractivity contribution in [3.05, 3.63) is 36.2 Å². The average Bonchev–Trinajstić information content (AvgIpc) is 2.68. The highest BCUT2D eigenvalue weighted by Crippen LogP contribution is 2.05. The van der Waals surface area contributed by atoms with E-state index in [2.05, 4.69) is 10.4 Å². The van der Waals surface area contributed by atoms with E-state index in [1.54, 1.807) is 4.52 Å². The summed E-state index contributed by atoms with van der Waals surface area (Å²) in [5.74, 6) is 0.0640. The number of amides is 1. The number of hydrogen-bond acceptors (Lipinski definition) is 2. The van der Waals surface area contributed by atoms with Crippen molar-refractivity contribution in [3.8, 4) is 0 Å². The zero-order valence-electron chi connectivity index (χ0n) is 9.47. The first kappa shape index (κ1) is 10.7. The number of fused-ring (bicyclic) bond motifs is 1. The van der Waals surface area contributed by atoms with Crippen LogP contribution in [0.5, 0.6) is 0 Å². The first-order valence-corrected chi connectivity index (χ1v) is 5.38. The lowest BCUT2D eigenvalue weighted by molar-refractivity contribution is -0.124. The smallest absolute Gasteiger partial charge is 0.222 e. The third kappa shape index (κ3) is 2.21. The maximum atomic E-state index is 11.4. The van der Waals surface area contributed by atoms with Crippen molar-refractivity contribution in [2.24, 2.45) is 5.92 Å². The molecule has 4 heteroatoms. The van der Waals surface area contributed by atoms with Crippen LogP contribution in [0, 0.1) is 5.92 Å². The van der Waals surface area contributed by atoms with E-state index in [0.717, 1.165) is 11.2 Å². The quantitative estimate of drug-likeness (QED) is 0.849. The third-order valence-corrected chi connectivity index (χ3v) is 2.39. The Morgan fingerprint density at radius 3 is 3.00 bits per heavy atom. The fourth-order valence-corrected chi connectivity index (χ4v) is 1.46. The Labute approximate surface area is 94.3 Å². The van der Waals surface area contributed by atoms with Gasteiger partial charge in [0.25, 0.3) is 0 Å². The van der Waals surface area contributed by atoms with Crippen LogP contribution in [0.3, 0.4) is 0 Å². The lowest BCUT2D eigenvalue weighted by Crippen LogP contribution is -2.27. The van der Waals surface area contributed by atoms with Crippen LogP contribution >= 0.6 is 0 Å². The van der Waals surface area contributed by atoms with Crippen LogP contribution in [0.1, 0.15) is 19.5 Å². The second-order valence-electron chi connectivity index (χ2n) is 4.08. The predicted molar refractivity (Wildman–Crippen MR) is 61.9 cm³/mol. The van der Waals surface area contributed by atoms with Crippen molar-refractivity contribution in [1.82, 2.24) is 14.9 Å². The van der Waals surface area contributed by atoms with Gasteiger partial charge < -0.3 is 5.32 Å². The molecule has 0 saturated carbocycles. The second-order valence-corrected chi connectivity index (χ2v) is 4.08. The number of nitrogens with zero attached hydrogens (tertiary/aromatic N) is 2.